The molecule has 2 aromatic rings. The summed E-state index contributed by atoms with van der Waals surface area (Å²) in [6, 6.07) is 12.9. The van der Waals surface area contributed by atoms with Gasteiger partial charge in [0.15, 0.2) is 5.96 Å². The Kier molecular flexibility index (Phi) is 12.0. The molecule has 0 saturated heterocycles. The van der Waals surface area contributed by atoms with Gasteiger partial charge in [-0.25, -0.2) is 18.1 Å². The molecule has 1 atom stereocenters. The van der Waals surface area contributed by atoms with E-state index >= 15 is 0 Å². The fourth-order valence-electron chi connectivity index (χ4n) is 2.80. The highest BCUT2D eigenvalue weighted by molar-refractivity contribution is 14.0. The molecule has 9 heteroatoms. The molecule has 0 heterocycles. The summed E-state index contributed by atoms with van der Waals surface area (Å²) in [7, 11) is -2.04. The Hall–Kier alpha value is -1.85. The van der Waals surface area contributed by atoms with E-state index in [1.54, 1.807) is 24.3 Å². The number of halogens is 1. The molecule has 0 bridgehead atoms. The van der Waals surface area contributed by atoms with E-state index in [-0.39, 0.29) is 35.0 Å². The molecule has 7 nitrogen and oxygen atoms in total. The summed E-state index contributed by atoms with van der Waals surface area (Å²) >= 11 is 0. The smallest absolute Gasteiger partial charge is 0.240 e. The fourth-order valence-corrected chi connectivity index (χ4v) is 3.53. The maximum Gasteiger partial charge on any atom is 0.240 e. The summed E-state index contributed by atoms with van der Waals surface area (Å²) in [5.74, 6) is 1.57. The minimum atomic E-state index is -3.43. The van der Waals surface area contributed by atoms with Crippen LogP contribution in [0.15, 0.2) is 52.4 Å². The predicted octanol–water partition coefficient (Wildman–Crippen LogP) is 3.95. The maximum absolute atomic E-state index is 11.8. The number of benzene rings is 2. The number of rotatable bonds is 10. The summed E-state index contributed by atoms with van der Waals surface area (Å²) < 4.78 is 32.1. The quantitative estimate of drug-likeness (QED) is 0.227. The Balaban J connectivity index is 0.00000512. The van der Waals surface area contributed by atoms with E-state index in [2.05, 4.69) is 59.3 Å². The first-order valence-electron chi connectivity index (χ1n) is 10.6. The van der Waals surface area contributed by atoms with Crippen molar-refractivity contribution in [1.82, 2.24) is 15.4 Å². The number of nitrogens with one attached hydrogen (secondary N) is 3. The SMILES string of the molecule is CCNC(=NCc1ccc(S(=O)(=O)NC)cc1)NCc1ccc(C)cc1OC(C)CC.I. The van der Waals surface area contributed by atoms with Crippen LogP contribution in [0.25, 0.3) is 0 Å². The van der Waals surface area contributed by atoms with E-state index in [4.69, 9.17) is 4.74 Å². The topological polar surface area (TPSA) is 91.8 Å². The molecule has 0 fully saturated rings. The van der Waals surface area contributed by atoms with Gasteiger partial charge in [-0.3, -0.25) is 0 Å². The first-order chi connectivity index (χ1) is 14.8. The number of hydrogen-bond donors (Lipinski definition) is 3. The van der Waals surface area contributed by atoms with Crippen molar-refractivity contribution >= 4 is 40.0 Å². The molecule has 0 aliphatic rings. The summed E-state index contributed by atoms with van der Waals surface area (Å²) in [6.07, 6.45) is 1.09. The Labute approximate surface area is 209 Å². The molecular formula is C23H35IN4O3S. The third-order valence-electron chi connectivity index (χ3n) is 4.84. The van der Waals surface area contributed by atoms with Crippen molar-refractivity contribution in [3.63, 3.8) is 0 Å². The van der Waals surface area contributed by atoms with Gasteiger partial charge in [-0.15, -0.1) is 24.0 Å². The van der Waals surface area contributed by atoms with Gasteiger partial charge in [0.25, 0.3) is 0 Å². The van der Waals surface area contributed by atoms with E-state index in [1.807, 2.05) is 6.92 Å². The number of hydrogen-bond acceptors (Lipinski definition) is 4. The van der Waals surface area contributed by atoms with Crippen LogP contribution in [-0.2, 0) is 23.1 Å². The van der Waals surface area contributed by atoms with Crippen LogP contribution >= 0.6 is 24.0 Å². The van der Waals surface area contributed by atoms with Crippen molar-refractivity contribution in [3.05, 3.63) is 59.2 Å². The number of aliphatic imine (C=N–C) groups is 1. The third-order valence-corrected chi connectivity index (χ3v) is 6.27. The van der Waals surface area contributed by atoms with Gasteiger partial charge in [-0.2, -0.15) is 0 Å². The van der Waals surface area contributed by atoms with E-state index in [1.165, 1.54) is 7.05 Å². The highest BCUT2D eigenvalue weighted by Gasteiger charge is 2.11. The highest BCUT2D eigenvalue weighted by Crippen LogP contribution is 2.22. The van der Waals surface area contributed by atoms with Crippen molar-refractivity contribution in [2.75, 3.05) is 13.6 Å². The van der Waals surface area contributed by atoms with E-state index in [9.17, 15) is 8.42 Å². The second-order valence-electron chi connectivity index (χ2n) is 7.35. The third kappa shape index (κ3) is 8.59. The van der Waals surface area contributed by atoms with Gasteiger partial charge in [0, 0.05) is 18.7 Å². The summed E-state index contributed by atoms with van der Waals surface area (Å²) in [5, 5.41) is 6.60. The summed E-state index contributed by atoms with van der Waals surface area (Å²) in [5.41, 5.74) is 3.15. The molecule has 0 aliphatic carbocycles. The predicted molar refractivity (Wildman–Crippen MR) is 141 cm³/mol. The molecule has 0 aliphatic heterocycles. The molecular weight excluding hydrogens is 539 g/mol. The van der Waals surface area contributed by atoms with Crippen LogP contribution in [0.1, 0.15) is 43.9 Å². The number of sulfonamides is 1. The minimum absolute atomic E-state index is 0. The molecule has 0 radical (unpaired) electrons. The van der Waals surface area contributed by atoms with E-state index in [0.717, 1.165) is 35.4 Å². The molecule has 0 aromatic heterocycles. The molecule has 0 spiro atoms. The van der Waals surface area contributed by atoms with Crippen molar-refractivity contribution in [2.45, 2.75) is 58.2 Å². The zero-order valence-electron chi connectivity index (χ0n) is 19.4. The van der Waals surface area contributed by atoms with Gasteiger partial charge in [-0.1, -0.05) is 31.2 Å². The largest absolute Gasteiger partial charge is 0.490 e. The van der Waals surface area contributed by atoms with E-state index in [0.29, 0.717) is 19.0 Å². The van der Waals surface area contributed by atoms with Crippen LogP contribution in [0, 0.1) is 6.92 Å². The number of guanidine groups is 1. The second kappa shape index (κ2) is 13.6. The van der Waals surface area contributed by atoms with Crippen molar-refractivity contribution < 1.29 is 13.2 Å². The van der Waals surface area contributed by atoms with Crippen LogP contribution in [-0.4, -0.2) is 34.1 Å². The van der Waals surface area contributed by atoms with Gasteiger partial charge in [0.05, 0.1) is 17.5 Å². The molecule has 0 saturated carbocycles. The molecule has 0 amide bonds. The Morgan fingerprint density at radius 3 is 2.38 bits per heavy atom. The average molecular weight is 575 g/mol. The van der Waals surface area contributed by atoms with Crippen molar-refractivity contribution in [2.24, 2.45) is 4.99 Å². The lowest BCUT2D eigenvalue weighted by molar-refractivity contribution is 0.215. The minimum Gasteiger partial charge on any atom is -0.490 e. The maximum atomic E-state index is 11.8. The number of nitrogens with zero attached hydrogens (tertiary/aromatic N) is 1. The molecule has 2 rings (SSSR count). The number of ether oxygens (including phenoxy) is 1. The Bertz CT molecular complexity index is 979. The van der Waals surface area contributed by atoms with Gasteiger partial charge in [0.2, 0.25) is 10.0 Å². The zero-order chi connectivity index (χ0) is 22.9. The lowest BCUT2D eigenvalue weighted by Gasteiger charge is -2.18. The van der Waals surface area contributed by atoms with Gasteiger partial charge < -0.3 is 15.4 Å². The molecule has 178 valence electrons. The summed E-state index contributed by atoms with van der Waals surface area (Å²) in [4.78, 5) is 4.86. The van der Waals surface area contributed by atoms with Crippen LogP contribution in [0.5, 0.6) is 5.75 Å². The van der Waals surface area contributed by atoms with E-state index < -0.39 is 10.0 Å². The first kappa shape index (κ1) is 28.2. The van der Waals surface area contributed by atoms with Crippen molar-refractivity contribution in [3.8, 4) is 5.75 Å². The fraction of sp³-hybridized carbons (Fsp3) is 0.435. The van der Waals surface area contributed by atoms with Crippen LogP contribution in [0.2, 0.25) is 0 Å². The standard InChI is InChI=1S/C23H34N4O3S.HI/c1-6-18(4)30-22-14-17(3)8-11-20(22)16-27-23(25-7-2)26-15-19-9-12-21(13-10-19)31(28,29)24-5;/h8-14,18,24H,6-7,15-16H2,1-5H3,(H2,25,26,27);1H. The van der Waals surface area contributed by atoms with Crippen molar-refractivity contribution in [1.29, 1.82) is 0 Å². The second-order valence-corrected chi connectivity index (χ2v) is 9.23. The van der Waals surface area contributed by atoms with Gasteiger partial charge >= 0.3 is 0 Å². The van der Waals surface area contributed by atoms with Crippen LogP contribution in [0.3, 0.4) is 0 Å². The molecule has 3 N–H and O–H groups in total. The van der Waals surface area contributed by atoms with Gasteiger partial charge in [-0.05, 0) is 63.6 Å². The number of aryl methyl sites for hydroxylation is 1. The first-order valence-corrected chi connectivity index (χ1v) is 12.1. The zero-order valence-corrected chi connectivity index (χ0v) is 22.6. The molecule has 32 heavy (non-hydrogen) atoms. The van der Waals surface area contributed by atoms with Crippen LogP contribution < -0.4 is 20.1 Å². The Morgan fingerprint density at radius 1 is 1.09 bits per heavy atom. The molecule has 2 aromatic carbocycles. The summed E-state index contributed by atoms with van der Waals surface area (Å²) in [6.45, 7) is 9.98. The monoisotopic (exact) mass is 574 g/mol. The highest BCUT2D eigenvalue weighted by atomic mass is 127. The molecule has 1 unspecified atom stereocenters. The average Bonchev–Trinajstić information content (AvgIpc) is 2.76. The van der Waals surface area contributed by atoms with Gasteiger partial charge in [0.1, 0.15) is 5.75 Å². The lowest BCUT2D eigenvalue weighted by Crippen LogP contribution is -2.37. The normalized spacial score (nSPS) is 12.6. The van der Waals surface area contributed by atoms with Crippen LogP contribution in [0.4, 0.5) is 0 Å². The Morgan fingerprint density at radius 2 is 1.78 bits per heavy atom. The lowest BCUT2D eigenvalue weighted by atomic mass is 10.1.